The average Bonchev–Trinajstić information content (AvgIpc) is 3.81. The number of anilines is 1. The summed E-state index contributed by atoms with van der Waals surface area (Å²) in [7, 11) is 1.69. The zero-order valence-corrected chi connectivity index (χ0v) is 23.6. The van der Waals surface area contributed by atoms with Crippen LogP contribution < -0.4 is 15.0 Å². The standard InChI is InChI=1S/C33H44N4O2/c1-23-17-31(36-21-32(23)39-2)25-13-11-24(12-14-25)22-37(33(38)26-7-4-3-5-8-26)30-10-6-9-27(18-30)28(19-34)20-35-29-15-16-29/h6,9-10,17-21,24-26,29,34-35H,3-5,7-8,11-16,22H2,1-2H3/b28-20+,34-19?. The molecule has 0 bridgehead atoms. The van der Waals surface area contributed by atoms with Gasteiger partial charge in [0.15, 0.2) is 0 Å². The maximum Gasteiger partial charge on any atom is 0.230 e. The molecule has 39 heavy (non-hydrogen) atoms. The number of rotatable bonds is 10. The third-order valence-corrected chi connectivity index (χ3v) is 8.93. The predicted octanol–water partition coefficient (Wildman–Crippen LogP) is 7.03. The summed E-state index contributed by atoms with van der Waals surface area (Å²) < 4.78 is 5.40. The zero-order chi connectivity index (χ0) is 27.2. The van der Waals surface area contributed by atoms with Gasteiger partial charge in [-0.25, -0.2) is 0 Å². The van der Waals surface area contributed by atoms with E-state index in [1.807, 2.05) is 24.5 Å². The molecule has 0 radical (unpaired) electrons. The lowest BCUT2D eigenvalue weighted by molar-refractivity contribution is -0.123. The van der Waals surface area contributed by atoms with E-state index in [2.05, 4.69) is 35.3 Å². The highest BCUT2D eigenvalue weighted by atomic mass is 16.5. The Hall–Kier alpha value is -3.15. The normalized spacial score (nSPS) is 22.3. The minimum absolute atomic E-state index is 0.125. The fourth-order valence-corrected chi connectivity index (χ4v) is 6.31. The molecule has 3 aliphatic carbocycles. The van der Waals surface area contributed by atoms with Crippen LogP contribution in [0.4, 0.5) is 5.69 Å². The van der Waals surface area contributed by atoms with Crippen LogP contribution in [0.5, 0.6) is 5.75 Å². The minimum Gasteiger partial charge on any atom is -0.495 e. The van der Waals surface area contributed by atoms with Crippen LogP contribution in [0, 0.1) is 24.2 Å². The Morgan fingerprint density at radius 2 is 1.85 bits per heavy atom. The van der Waals surface area contributed by atoms with E-state index in [0.717, 1.165) is 86.0 Å². The van der Waals surface area contributed by atoms with Crippen molar-refractivity contribution < 1.29 is 9.53 Å². The SMILES string of the molecule is COc1cnc(C2CCC(CN(C(=O)C3CCCCC3)c3cccc(/C(C=N)=C/NC4CC4)c3)CC2)cc1C. The van der Waals surface area contributed by atoms with Crippen LogP contribution in [0.25, 0.3) is 5.57 Å². The van der Waals surface area contributed by atoms with Crippen molar-refractivity contribution in [3.63, 3.8) is 0 Å². The largest absolute Gasteiger partial charge is 0.495 e. The number of ether oxygens (including phenoxy) is 1. The molecule has 2 aromatic rings. The van der Waals surface area contributed by atoms with Crippen LogP contribution in [-0.2, 0) is 4.79 Å². The summed E-state index contributed by atoms with van der Waals surface area (Å²) in [6, 6.07) is 11.0. The van der Waals surface area contributed by atoms with Crippen LogP contribution in [-0.4, -0.2) is 36.8 Å². The van der Waals surface area contributed by atoms with Crippen molar-refractivity contribution in [3.8, 4) is 5.75 Å². The number of aryl methyl sites for hydroxylation is 1. The molecule has 1 amide bonds. The van der Waals surface area contributed by atoms with E-state index < -0.39 is 0 Å². The molecule has 0 unspecified atom stereocenters. The van der Waals surface area contributed by atoms with E-state index in [1.54, 1.807) is 7.11 Å². The fourth-order valence-electron chi connectivity index (χ4n) is 6.31. The van der Waals surface area contributed by atoms with Gasteiger partial charge in [0.2, 0.25) is 5.91 Å². The molecule has 1 heterocycles. The number of hydrogen-bond donors (Lipinski definition) is 2. The highest BCUT2D eigenvalue weighted by Gasteiger charge is 2.31. The lowest BCUT2D eigenvalue weighted by Crippen LogP contribution is -2.41. The lowest BCUT2D eigenvalue weighted by Gasteiger charge is -2.35. The maximum atomic E-state index is 14.0. The van der Waals surface area contributed by atoms with Gasteiger partial charge in [-0.1, -0.05) is 31.4 Å². The van der Waals surface area contributed by atoms with Gasteiger partial charge in [0.05, 0.1) is 13.3 Å². The molecule has 208 valence electrons. The first kappa shape index (κ1) is 27.4. The number of nitrogens with one attached hydrogen (secondary N) is 2. The summed E-state index contributed by atoms with van der Waals surface area (Å²) in [6.45, 7) is 2.85. The molecule has 3 saturated carbocycles. The third-order valence-electron chi connectivity index (χ3n) is 8.93. The van der Waals surface area contributed by atoms with Gasteiger partial charge in [0, 0.05) is 53.8 Å². The number of pyridine rings is 1. The molecule has 6 nitrogen and oxygen atoms in total. The third kappa shape index (κ3) is 6.90. The topological polar surface area (TPSA) is 78.3 Å². The summed E-state index contributed by atoms with van der Waals surface area (Å²) in [5, 5.41) is 11.4. The van der Waals surface area contributed by atoms with Gasteiger partial charge in [-0.15, -0.1) is 0 Å². The molecule has 0 aliphatic heterocycles. The molecular formula is C33H44N4O2. The summed E-state index contributed by atoms with van der Waals surface area (Å²) in [5.41, 5.74) is 5.12. The molecule has 1 aromatic carbocycles. The molecule has 3 fully saturated rings. The first-order valence-electron chi connectivity index (χ1n) is 14.9. The van der Waals surface area contributed by atoms with Crippen LogP contribution in [0.15, 0.2) is 42.7 Å². The van der Waals surface area contributed by atoms with Crippen molar-refractivity contribution >= 4 is 23.4 Å². The molecule has 0 atom stereocenters. The summed E-state index contributed by atoms with van der Waals surface area (Å²) in [4.78, 5) is 20.8. The minimum atomic E-state index is 0.125. The van der Waals surface area contributed by atoms with E-state index in [4.69, 9.17) is 15.1 Å². The molecule has 0 spiro atoms. The van der Waals surface area contributed by atoms with Gasteiger partial charge in [-0.05, 0) is 93.5 Å². The zero-order valence-electron chi connectivity index (χ0n) is 23.6. The smallest absolute Gasteiger partial charge is 0.230 e. The Kier molecular flexibility index (Phi) is 9.00. The molecular weight excluding hydrogens is 484 g/mol. The van der Waals surface area contributed by atoms with Crippen molar-refractivity contribution in [2.75, 3.05) is 18.6 Å². The van der Waals surface area contributed by atoms with Gasteiger partial charge in [-0.2, -0.15) is 0 Å². The number of hydrogen-bond acceptors (Lipinski definition) is 5. The number of benzene rings is 1. The molecule has 3 aliphatic rings. The van der Waals surface area contributed by atoms with Crippen LogP contribution in [0.3, 0.4) is 0 Å². The van der Waals surface area contributed by atoms with E-state index in [0.29, 0.717) is 17.9 Å². The number of nitrogens with zero attached hydrogens (tertiary/aromatic N) is 2. The van der Waals surface area contributed by atoms with E-state index in [9.17, 15) is 4.79 Å². The summed E-state index contributed by atoms with van der Waals surface area (Å²) in [5.74, 6) is 2.20. The van der Waals surface area contributed by atoms with Crippen LogP contribution >= 0.6 is 0 Å². The van der Waals surface area contributed by atoms with Crippen LogP contribution in [0.2, 0.25) is 0 Å². The van der Waals surface area contributed by atoms with Gasteiger partial charge in [0.25, 0.3) is 0 Å². The highest BCUT2D eigenvalue weighted by molar-refractivity contribution is 6.08. The predicted molar refractivity (Wildman–Crippen MR) is 159 cm³/mol. The van der Waals surface area contributed by atoms with E-state index >= 15 is 0 Å². The number of carbonyl (C=O) groups excluding carboxylic acids is 1. The monoisotopic (exact) mass is 528 g/mol. The van der Waals surface area contributed by atoms with E-state index in [-0.39, 0.29) is 11.8 Å². The lowest BCUT2D eigenvalue weighted by atomic mass is 9.79. The number of allylic oxidation sites excluding steroid dienone is 1. The first-order chi connectivity index (χ1) is 19.1. The Bertz CT molecular complexity index is 1170. The average molecular weight is 529 g/mol. The quantitative estimate of drug-likeness (QED) is 0.325. The van der Waals surface area contributed by atoms with E-state index in [1.165, 1.54) is 31.2 Å². The number of methoxy groups -OCH3 is 1. The summed E-state index contributed by atoms with van der Waals surface area (Å²) >= 11 is 0. The fraction of sp³-hybridized carbons (Fsp3) is 0.545. The molecule has 6 heteroatoms. The number of aromatic nitrogens is 1. The van der Waals surface area contributed by atoms with Crippen LogP contribution in [0.1, 0.15) is 93.4 Å². The highest BCUT2D eigenvalue weighted by Crippen LogP contribution is 2.38. The summed E-state index contributed by atoms with van der Waals surface area (Å²) in [6.07, 6.45) is 17.6. The van der Waals surface area contributed by atoms with Crippen molar-refractivity contribution in [2.24, 2.45) is 11.8 Å². The first-order valence-corrected chi connectivity index (χ1v) is 14.9. The van der Waals surface area contributed by atoms with Gasteiger partial charge in [0.1, 0.15) is 5.75 Å². The Labute approximate surface area is 233 Å². The van der Waals surface area contributed by atoms with Crippen molar-refractivity contribution in [1.29, 1.82) is 5.41 Å². The maximum absolute atomic E-state index is 14.0. The Morgan fingerprint density at radius 1 is 1.08 bits per heavy atom. The Morgan fingerprint density at radius 3 is 2.51 bits per heavy atom. The molecule has 0 saturated heterocycles. The van der Waals surface area contributed by atoms with Crippen molar-refractivity contribution in [3.05, 3.63) is 59.5 Å². The Balaban J connectivity index is 1.31. The molecule has 5 rings (SSSR count). The number of amides is 1. The molecule has 2 N–H and O–H groups in total. The van der Waals surface area contributed by atoms with Crippen molar-refractivity contribution in [1.82, 2.24) is 10.3 Å². The second-order valence-corrected chi connectivity index (χ2v) is 11.8. The van der Waals surface area contributed by atoms with Gasteiger partial charge >= 0.3 is 0 Å². The van der Waals surface area contributed by atoms with Gasteiger partial charge < -0.3 is 20.4 Å². The number of carbonyl (C=O) groups is 1. The second kappa shape index (κ2) is 12.8. The molecule has 1 aromatic heterocycles. The van der Waals surface area contributed by atoms with Gasteiger partial charge in [-0.3, -0.25) is 9.78 Å². The second-order valence-electron chi connectivity index (χ2n) is 11.8. The van der Waals surface area contributed by atoms with Crippen molar-refractivity contribution in [2.45, 2.75) is 89.5 Å².